The highest BCUT2D eigenvalue weighted by atomic mass is 16.5. The molecule has 1 aromatic heterocycles. The van der Waals surface area contributed by atoms with E-state index in [9.17, 15) is 39.0 Å². The van der Waals surface area contributed by atoms with Crippen LogP contribution in [0.2, 0.25) is 0 Å². The van der Waals surface area contributed by atoms with Crippen LogP contribution in [0.3, 0.4) is 0 Å². The number of nitrogens with one attached hydrogen (secondary N) is 2. The van der Waals surface area contributed by atoms with Crippen molar-refractivity contribution in [2.45, 2.75) is 63.1 Å². The van der Waals surface area contributed by atoms with E-state index in [0.29, 0.717) is 25.1 Å². The molecule has 2 unspecified atom stereocenters. The van der Waals surface area contributed by atoms with E-state index in [1.165, 1.54) is 25.4 Å². The third-order valence-corrected chi connectivity index (χ3v) is 8.69. The molecule has 5 rings (SSSR count). The molecule has 2 atom stereocenters. The number of hydrogen-bond acceptors (Lipinski definition) is 8. The summed E-state index contributed by atoms with van der Waals surface area (Å²) < 4.78 is 7.23. The second-order valence-electron chi connectivity index (χ2n) is 11.8. The fraction of sp³-hybridized carbons (Fsp3) is 0.516. The van der Waals surface area contributed by atoms with Crippen molar-refractivity contribution in [2.75, 3.05) is 39.3 Å². The number of carboxylic acid groups (broad SMARTS) is 2. The number of carbonyl (C=O) groups excluding carboxylic acids is 4. The lowest BCUT2D eigenvalue weighted by molar-refractivity contribution is -0.140. The third-order valence-electron chi connectivity index (χ3n) is 8.69. The SMILES string of the molecule is O=C(O)CCC(NC(=O)c1cc(OCC(=O)N2CCCC2C(=O)NC2CCC2)n(-c2ccccc2)n1)C(=O)N1CCN(C(=O)O)CC1. The maximum atomic E-state index is 13.4. The number of ether oxygens (including phenoxy) is 1. The Bertz CT molecular complexity index is 1490. The van der Waals surface area contributed by atoms with Crippen molar-refractivity contribution in [1.82, 2.24) is 35.1 Å². The smallest absolute Gasteiger partial charge is 0.407 e. The summed E-state index contributed by atoms with van der Waals surface area (Å²) in [7, 11) is 0. The van der Waals surface area contributed by atoms with E-state index >= 15 is 0 Å². The average Bonchev–Trinajstić information content (AvgIpc) is 3.72. The molecule has 5 amide bonds. The van der Waals surface area contributed by atoms with E-state index in [1.54, 1.807) is 30.3 Å². The van der Waals surface area contributed by atoms with Crippen molar-refractivity contribution < 1.29 is 43.7 Å². The third kappa shape index (κ3) is 8.17. The van der Waals surface area contributed by atoms with E-state index in [1.807, 2.05) is 0 Å². The van der Waals surface area contributed by atoms with Gasteiger partial charge in [0.2, 0.25) is 17.7 Å². The fourth-order valence-electron chi connectivity index (χ4n) is 5.83. The molecule has 2 aliphatic heterocycles. The lowest BCUT2D eigenvalue weighted by Crippen LogP contribution is -2.55. The Hall–Kier alpha value is -5.15. The molecule has 0 spiro atoms. The van der Waals surface area contributed by atoms with Crippen molar-refractivity contribution in [3.63, 3.8) is 0 Å². The summed E-state index contributed by atoms with van der Waals surface area (Å²) in [4.78, 5) is 79.5. The van der Waals surface area contributed by atoms with Crippen LogP contribution in [0.5, 0.6) is 5.88 Å². The first-order valence-electron chi connectivity index (χ1n) is 15.8. The second kappa shape index (κ2) is 15.0. The number of piperazine rings is 1. The van der Waals surface area contributed by atoms with E-state index in [4.69, 9.17) is 4.74 Å². The maximum absolute atomic E-state index is 13.4. The average molecular weight is 654 g/mol. The predicted octanol–water partition coefficient (Wildman–Crippen LogP) is 0.696. The Balaban J connectivity index is 1.29. The number of nitrogens with zero attached hydrogens (tertiary/aromatic N) is 5. The van der Waals surface area contributed by atoms with Gasteiger partial charge in [0.15, 0.2) is 12.3 Å². The van der Waals surface area contributed by atoms with Gasteiger partial charge in [0.25, 0.3) is 11.8 Å². The van der Waals surface area contributed by atoms with Crippen LogP contribution in [-0.2, 0) is 19.2 Å². The first-order chi connectivity index (χ1) is 22.6. The number of benzene rings is 1. The van der Waals surface area contributed by atoms with Crippen molar-refractivity contribution in [2.24, 2.45) is 0 Å². The molecule has 16 nitrogen and oxygen atoms in total. The molecule has 16 heteroatoms. The summed E-state index contributed by atoms with van der Waals surface area (Å²) in [5, 5.41) is 28.4. The lowest BCUT2D eigenvalue weighted by atomic mass is 9.93. The minimum Gasteiger partial charge on any atom is -0.481 e. The van der Waals surface area contributed by atoms with E-state index < -0.39 is 49.0 Å². The Kier molecular flexibility index (Phi) is 10.6. The number of aliphatic carboxylic acids is 1. The number of amides is 5. The van der Waals surface area contributed by atoms with Gasteiger partial charge in [0, 0.05) is 51.3 Å². The summed E-state index contributed by atoms with van der Waals surface area (Å²) in [6, 6.07) is 8.45. The Morgan fingerprint density at radius 3 is 2.26 bits per heavy atom. The molecule has 2 saturated heterocycles. The molecule has 0 radical (unpaired) electrons. The standard InChI is InChI=1S/C31H39N7O9/c39-25(37-13-5-10-24(37)29(43)32-20-6-4-7-20)19-47-26-18-23(34-38(26)21-8-2-1-3-9-21)28(42)33-22(11-12-27(40)41)30(44)35-14-16-36(17-15-35)31(45)46/h1-3,8-9,18,20,22,24H,4-7,10-17,19H2,(H,32,43)(H,33,42)(H,40,41)(H,45,46). The number of carbonyl (C=O) groups is 6. The molecule has 0 bridgehead atoms. The van der Waals surface area contributed by atoms with Crippen molar-refractivity contribution in [3.05, 3.63) is 42.1 Å². The number of rotatable bonds is 12. The molecule has 2 aromatic rings. The van der Waals surface area contributed by atoms with Crippen LogP contribution < -0.4 is 15.4 Å². The first-order valence-corrected chi connectivity index (χ1v) is 15.8. The summed E-state index contributed by atoms with van der Waals surface area (Å²) in [5.41, 5.74) is 0.391. The van der Waals surface area contributed by atoms with Gasteiger partial charge in [0.1, 0.15) is 12.1 Å². The van der Waals surface area contributed by atoms with Gasteiger partial charge < -0.3 is 40.3 Å². The minimum atomic E-state index is -1.21. The van der Waals surface area contributed by atoms with Crippen LogP contribution in [0.25, 0.3) is 5.69 Å². The highest BCUT2D eigenvalue weighted by molar-refractivity contribution is 5.96. The normalized spacial score (nSPS) is 18.6. The van der Waals surface area contributed by atoms with Crippen molar-refractivity contribution in [3.8, 4) is 11.6 Å². The van der Waals surface area contributed by atoms with Crippen LogP contribution in [0.4, 0.5) is 4.79 Å². The van der Waals surface area contributed by atoms with E-state index in [-0.39, 0.29) is 62.0 Å². The van der Waals surface area contributed by atoms with Gasteiger partial charge >= 0.3 is 12.1 Å². The minimum absolute atomic E-state index is 0.0718. The van der Waals surface area contributed by atoms with Crippen LogP contribution in [0.1, 0.15) is 55.4 Å². The van der Waals surface area contributed by atoms with Gasteiger partial charge in [-0.05, 0) is 50.7 Å². The zero-order valence-electron chi connectivity index (χ0n) is 25.9. The number of aromatic nitrogens is 2. The van der Waals surface area contributed by atoms with E-state index in [2.05, 4.69) is 15.7 Å². The highest BCUT2D eigenvalue weighted by Gasteiger charge is 2.36. The fourth-order valence-corrected chi connectivity index (χ4v) is 5.83. The molecule has 4 N–H and O–H groups in total. The van der Waals surface area contributed by atoms with Crippen LogP contribution >= 0.6 is 0 Å². The van der Waals surface area contributed by atoms with Gasteiger partial charge in [-0.1, -0.05) is 18.2 Å². The molecule has 252 valence electrons. The van der Waals surface area contributed by atoms with Gasteiger partial charge in [-0.3, -0.25) is 24.0 Å². The Morgan fingerprint density at radius 1 is 0.915 bits per heavy atom. The second-order valence-corrected chi connectivity index (χ2v) is 11.8. The number of likely N-dealkylation sites (tertiary alicyclic amines) is 1. The highest BCUT2D eigenvalue weighted by Crippen LogP contribution is 2.24. The summed E-state index contributed by atoms with van der Waals surface area (Å²) in [6.45, 7) is 0.386. The molecular formula is C31H39N7O9. The molecule has 3 heterocycles. The molecule has 1 saturated carbocycles. The van der Waals surface area contributed by atoms with Gasteiger partial charge in [-0.15, -0.1) is 0 Å². The summed E-state index contributed by atoms with van der Waals surface area (Å²) in [6.07, 6.45) is 2.52. The Morgan fingerprint density at radius 2 is 1.62 bits per heavy atom. The molecule has 47 heavy (non-hydrogen) atoms. The molecule has 3 aliphatic rings. The zero-order chi connectivity index (χ0) is 33.5. The quantitative estimate of drug-likeness (QED) is 0.252. The predicted molar refractivity (Wildman–Crippen MR) is 164 cm³/mol. The topological polar surface area (TPSA) is 204 Å². The summed E-state index contributed by atoms with van der Waals surface area (Å²) in [5.74, 6) is -2.92. The van der Waals surface area contributed by atoms with Crippen molar-refractivity contribution >= 4 is 35.7 Å². The van der Waals surface area contributed by atoms with Gasteiger partial charge in [-0.25, -0.2) is 9.48 Å². The van der Waals surface area contributed by atoms with E-state index in [0.717, 1.165) is 19.3 Å². The van der Waals surface area contributed by atoms with Crippen LogP contribution in [0.15, 0.2) is 36.4 Å². The lowest BCUT2D eigenvalue weighted by Gasteiger charge is -2.35. The molecule has 1 aromatic carbocycles. The molecule has 1 aliphatic carbocycles. The number of hydrogen-bond donors (Lipinski definition) is 4. The zero-order valence-corrected chi connectivity index (χ0v) is 25.9. The molecule has 3 fully saturated rings. The number of para-hydroxylation sites is 1. The maximum Gasteiger partial charge on any atom is 0.407 e. The Labute approximate surface area is 270 Å². The largest absolute Gasteiger partial charge is 0.481 e. The van der Waals surface area contributed by atoms with Crippen LogP contribution in [-0.4, -0.2) is 128 Å². The van der Waals surface area contributed by atoms with Gasteiger partial charge in [-0.2, -0.15) is 5.10 Å². The van der Waals surface area contributed by atoms with Gasteiger partial charge in [0.05, 0.1) is 5.69 Å². The monoisotopic (exact) mass is 653 g/mol. The molecular weight excluding hydrogens is 614 g/mol. The van der Waals surface area contributed by atoms with Crippen LogP contribution in [0, 0.1) is 0 Å². The van der Waals surface area contributed by atoms with Crippen molar-refractivity contribution in [1.29, 1.82) is 0 Å². The summed E-state index contributed by atoms with van der Waals surface area (Å²) >= 11 is 0. The number of carboxylic acids is 1. The first kappa shape index (κ1) is 33.2.